The summed E-state index contributed by atoms with van der Waals surface area (Å²) in [4.78, 5) is 0. The van der Waals surface area contributed by atoms with Crippen molar-refractivity contribution in [2.24, 2.45) is 0 Å². The second kappa shape index (κ2) is 11.1. The van der Waals surface area contributed by atoms with Crippen molar-refractivity contribution in [3.05, 3.63) is 19.6 Å². The van der Waals surface area contributed by atoms with Gasteiger partial charge in [0.25, 0.3) is 0 Å². The van der Waals surface area contributed by atoms with Crippen molar-refractivity contribution in [2.45, 2.75) is 0 Å². The first kappa shape index (κ1) is 8.91. The van der Waals surface area contributed by atoms with Crippen LogP contribution >= 0.6 is 0 Å². The summed E-state index contributed by atoms with van der Waals surface area (Å²) >= 11 is 0. The topological polar surface area (TPSA) is 0 Å². The molecule has 24 valence electrons. The van der Waals surface area contributed by atoms with E-state index >= 15 is 0 Å². The third-order valence-electron chi connectivity index (χ3n) is 0. The zero-order chi connectivity index (χ0) is 2.71. The van der Waals surface area contributed by atoms with Crippen LogP contribution in [0.15, 0.2) is 12.7 Å². The van der Waals surface area contributed by atoms with Gasteiger partial charge in [-0.3, -0.25) is 0 Å². The molecule has 0 aliphatic carbocycles. The standard InChI is InChI=1S/C3H5.Cr/c1-3-2;/h3H,1-2H2;/q-1;. The Balaban J connectivity index is 0. The Morgan fingerprint density at radius 2 is 1.75 bits per heavy atom. The van der Waals surface area contributed by atoms with Crippen LogP contribution in [0.25, 0.3) is 0 Å². The summed E-state index contributed by atoms with van der Waals surface area (Å²) < 4.78 is 0. The van der Waals surface area contributed by atoms with Crippen LogP contribution in [0.1, 0.15) is 0 Å². The normalized spacial score (nSPS) is 3.00. The van der Waals surface area contributed by atoms with Gasteiger partial charge in [0.15, 0.2) is 0 Å². The molecule has 0 N–H and O–H groups in total. The first-order valence-electron chi connectivity index (χ1n) is 0.816. The zero-order valence-corrected chi connectivity index (χ0v) is 3.67. The van der Waals surface area contributed by atoms with Crippen molar-refractivity contribution in [3.8, 4) is 0 Å². The average molecular weight is 93.1 g/mol. The fraction of sp³-hybridized carbons (Fsp3) is 0. The van der Waals surface area contributed by atoms with Gasteiger partial charge in [-0.25, -0.2) is 19.6 Å². The van der Waals surface area contributed by atoms with Gasteiger partial charge in [-0.1, -0.05) is 0 Å². The van der Waals surface area contributed by atoms with Crippen molar-refractivity contribution >= 4 is 0 Å². The number of allylic oxidation sites excluding steroid dienone is 1. The maximum absolute atomic E-state index is 3.25. The van der Waals surface area contributed by atoms with E-state index < -0.39 is 0 Å². The van der Waals surface area contributed by atoms with E-state index in [-0.39, 0.29) is 17.4 Å². The number of rotatable bonds is 0. The molecule has 0 bridgehead atoms. The number of hydrogen-bond acceptors (Lipinski definition) is 0. The molecule has 0 spiro atoms. The summed E-state index contributed by atoms with van der Waals surface area (Å²) in [6.07, 6.45) is 1.50. The van der Waals surface area contributed by atoms with Crippen molar-refractivity contribution in [2.75, 3.05) is 0 Å². The Kier molecular flexibility index (Phi) is 24.6. The van der Waals surface area contributed by atoms with Gasteiger partial charge in [-0.2, -0.15) is 0 Å². The van der Waals surface area contributed by atoms with Crippen LogP contribution in [0.4, 0.5) is 0 Å². The molecule has 0 aromatic carbocycles. The van der Waals surface area contributed by atoms with Crippen molar-refractivity contribution in [3.63, 3.8) is 0 Å². The van der Waals surface area contributed by atoms with E-state index in [1.807, 2.05) is 0 Å². The van der Waals surface area contributed by atoms with E-state index in [0.717, 1.165) is 0 Å². The predicted molar refractivity (Wildman–Crippen MR) is 15.6 cm³/mol. The van der Waals surface area contributed by atoms with Crippen LogP contribution < -0.4 is 0 Å². The molecule has 0 nitrogen and oxygen atoms in total. The molecule has 0 rings (SSSR count). The van der Waals surface area contributed by atoms with Gasteiger partial charge in [0.05, 0.1) is 0 Å². The van der Waals surface area contributed by atoms with E-state index in [4.69, 9.17) is 0 Å². The Hall–Kier alpha value is 0.142. The largest absolute Gasteiger partial charge is 0.245 e. The van der Waals surface area contributed by atoms with Gasteiger partial charge in [0.1, 0.15) is 0 Å². The molecule has 0 saturated carbocycles. The molecular weight excluding hydrogens is 88.0 g/mol. The quantitative estimate of drug-likeness (QED) is 0.392. The molecule has 0 amide bonds. The van der Waals surface area contributed by atoms with Crippen LogP contribution in [-0.4, -0.2) is 0 Å². The molecule has 0 aliphatic heterocycles. The summed E-state index contributed by atoms with van der Waals surface area (Å²) in [6.45, 7) is 6.50. The molecule has 0 radical (unpaired) electrons. The monoisotopic (exact) mass is 93.0 g/mol. The molecule has 1 heteroatoms. The maximum Gasteiger partial charge on any atom is 0 e. The molecule has 0 aromatic heterocycles. The Bertz CT molecular complexity index is 10.8. The molecule has 0 aliphatic rings. The average Bonchev–Trinajstić information content (AvgIpc) is 0.918. The SMILES string of the molecule is C=C[CH2-].[Cr]. The van der Waals surface area contributed by atoms with Crippen LogP contribution in [0.2, 0.25) is 0 Å². The minimum Gasteiger partial charge on any atom is -0.245 e. The van der Waals surface area contributed by atoms with Crippen LogP contribution in [0, 0.1) is 6.92 Å². The smallest absolute Gasteiger partial charge is 0 e. The van der Waals surface area contributed by atoms with E-state index in [0.29, 0.717) is 0 Å². The van der Waals surface area contributed by atoms with Gasteiger partial charge < -0.3 is 0 Å². The maximum atomic E-state index is 3.25. The predicted octanol–water partition coefficient (Wildman–Crippen LogP) is 1.00. The zero-order valence-electron chi connectivity index (χ0n) is 2.40. The van der Waals surface area contributed by atoms with Crippen molar-refractivity contribution < 1.29 is 17.4 Å². The summed E-state index contributed by atoms with van der Waals surface area (Å²) in [7, 11) is 0. The first-order chi connectivity index (χ1) is 1.41. The molecule has 0 atom stereocenters. The molecule has 0 heterocycles. The van der Waals surface area contributed by atoms with Crippen molar-refractivity contribution in [1.82, 2.24) is 0 Å². The van der Waals surface area contributed by atoms with Gasteiger partial charge >= 0.3 is 0 Å². The van der Waals surface area contributed by atoms with E-state index in [1.54, 1.807) is 0 Å². The van der Waals surface area contributed by atoms with Gasteiger partial charge in [0.2, 0.25) is 0 Å². The van der Waals surface area contributed by atoms with E-state index in [9.17, 15) is 0 Å². The fourth-order valence-corrected chi connectivity index (χ4v) is 0. The van der Waals surface area contributed by atoms with Gasteiger partial charge in [0, 0.05) is 17.4 Å². The van der Waals surface area contributed by atoms with Crippen LogP contribution in [0.3, 0.4) is 0 Å². The van der Waals surface area contributed by atoms with Gasteiger partial charge in [-0.15, -0.1) is 0 Å². The van der Waals surface area contributed by atoms with Crippen molar-refractivity contribution in [1.29, 1.82) is 0 Å². The second-order valence-electron chi connectivity index (χ2n) is 0.289. The number of hydrogen-bond donors (Lipinski definition) is 0. The molecule has 0 unspecified atom stereocenters. The fourth-order valence-electron chi connectivity index (χ4n) is 0. The molecular formula is C3H5Cr-. The van der Waals surface area contributed by atoms with Crippen LogP contribution in [-0.2, 0) is 17.4 Å². The third kappa shape index (κ3) is 138. The summed E-state index contributed by atoms with van der Waals surface area (Å²) in [5.74, 6) is 0. The second-order valence-corrected chi connectivity index (χ2v) is 0.289. The first-order valence-corrected chi connectivity index (χ1v) is 0.816. The third-order valence-corrected chi connectivity index (χ3v) is 0. The van der Waals surface area contributed by atoms with E-state index in [2.05, 4.69) is 13.5 Å². The summed E-state index contributed by atoms with van der Waals surface area (Å²) in [6, 6.07) is 0. The van der Waals surface area contributed by atoms with Crippen LogP contribution in [0.5, 0.6) is 0 Å². The molecule has 4 heavy (non-hydrogen) atoms. The Labute approximate surface area is 37.7 Å². The molecule has 0 fully saturated rings. The minimum absolute atomic E-state index is 0. The molecule has 0 aromatic rings. The summed E-state index contributed by atoms with van der Waals surface area (Å²) in [5.41, 5.74) is 0. The minimum atomic E-state index is 0. The summed E-state index contributed by atoms with van der Waals surface area (Å²) in [5, 5.41) is 0. The Morgan fingerprint density at radius 1 is 1.75 bits per heavy atom. The Morgan fingerprint density at radius 3 is 1.75 bits per heavy atom. The van der Waals surface area contributed by atoms with E-state index in [1.165, 1.54) is 6.08 Å². The van der Waals surface area contributed by atoms with Gasteiger partial charge in [-0.05, 0) is 0 Å². The molecule has 0 saturated heterocycles.